The van der Waals surface area contributed by atoms with Gasteiger partial charge in [0.15, 0.2) is 5.82 Å². The predicted octanol–water partition coefficient (Wildman–Crippen LogP) is 2.59. The summed E-state index contributed by atoms with van der Waals surface area (Å²) >= 11 is 2.31. The number of nitrogens with zero attached hydrogens (tertiary/aromatic N) is 5. The van der Waals surface area contributed by atoms with Gasteiger partial charge in [0, 0.05) is 30.1 Å². The zero-order valence-corrected chi connectivity index (χ0v) is 18.4. The van der Waals surface area contributed by atoms with Gasteiger partial charge in [0.2, 0.25) is 11.1 Å². The second-order valence-corrected chi connectivity index (χ2v) is 8.24. The average molecular weight is 458 g/mol. The topological polar surface area (TPSA) is 149 Å². The first-order valence-electron chi connectivity index (χ1n) is 9.20. The van der Waals surface area contributed by atoms with Gasteiger partial charge in [-0.1, -0.05) is 11.8 Å². The number of hydrogen-bond acceptors (Lipinski definition) is 10. The van der Waals surface area contributed by atoms with Crippen molar-refractivity contribution < 1.29 is 14.3 Å². The van der Waals surface area contributed by atoms with Gasteiger partial charge in [-0.25, -0.2) is 9.47 Å². The van der Waals surface area contributed by atoms with Crippen molar-refractivity contribution in [2.75, 3.05) is 23.5 Å². The number of esters is 1. The number of rotatable bonds is 8. The number of nitrogens with two attached hydrogens (primary N) is 1. The van der Waals surface area contributed by atoms with Crippen molar-refractivity contribution in [2.45, 2.75) is 25.4 Å². The molecule has 3 aromatic heterocycles. The van der Waals surface area contributed by atoms with E-state index in [0.29, 0.717) is 32.2 Å². The zero-order valence-electron chi connectivity index (χ0n) is 16.8. The number of pyridine rings is 1. The zero-order chi connectivity index (χ0) is 22.4. The minimum atomic E-state index is -0.510. The van der Waals surface area contributed by atoms with E-state index in [4.69, 9.17) is 10.6 Å². The first kappa shape index (κ1) is 22.3. The van der Waals surface area contributed by atoms with Crippen molar-refractivity contribution in [1.29, 1.82) is 5.26 Å². The lowest BCUT2D eigenvalue weighted by Gasteiger charge is -2.04. The molecule has 0 aliphatic carbocycles. The highest BCUT2D eigenvalue weighted by Gasteiger charge is 2.22. The van der Waals surface area contributed by atoms with Crippen molar-refractivity contribution >= 4 is 40.0 Å². The van der Waals surface area contributed by atoms with E-state index in [2.05, 4.69) is 20.5 Å². The van der Waals surface area contributed by atoms with E-state index in [1.165, 1.54) is 16.4 Å². The fourth-order valence-electron chi connectivity index (χ4n) is 2.62. The highest BCUT2D eigenvalue weighted by molar-refractivity contribution is 7.99. The Morgan fingerprint density at radius 3 is 2.90 bits per heavy atom. The minimum absolute atomic E-state index is 0.149. The quantitative estimate of drug-likeness (QED) is 0.296. The maximum atomic E-state index is 12.4. The van der Waals surface area contributed by atoms with Crippen LogP contribution in [0.5, 0.6) is 0 Å². The molecule has 0 unspecified atom stereocenters. The van der Waals surface area contributed by atoms with Crippen LogP contribution in [0.25, 0.3) is 11.4 Å². The van der Waals surface area contributed by atoms with Crippen LogP contribution < -0.4 is 11.2 Å². The number of amides is 1. The smallest absolute Gasteiger partial charge is 0.348 e. The molecule has 0 aromatic carbocycles. The maximum absolute atomic E-state index is 12.4. The van der Waals surface area contributed by atoms with Crippen LogP contribution in [0.15, 0.2) is 29.7 Å². The molecule has 0 fully saturated rings. The van der Waals surface area contributed by atoms with Gasteiger partial charge < -0.3 is 15.9 Å². The van der Waals surface area contributed by atoms with Crippen LogP contribution in [0, 0.1) is 18.3 Å². The summed E-state index contributed by atoms with van der Waals surface area (Å²) in [6.07, 6.45) is 3.43. The lowest BCUT2D eigenvalue weighted by Crippen LogP contribution is -2.14. The Balaban J connectivity index is 1.60. The number of ether oxygens (including phenoxy) is 1. The lowest BCUT2D eigenvalue weighted by atomic mass is 10.2. The highest BCUT2D eigenvalue weighted by Crippen LogP contribution is 2.33. The van der Waals surface area contributed by atoms with Crippen LogP contribution in [0.1, 0.15) is 34.1 Å². The molecular weight excluding hydrogens is 438 g/mol. The number of nitrogens with one attached hydrogen (secondary N) is 1. The predicted molar refractivity (Wildman–Crippen MR) is 117 cm³/mol. The largest absolute Gasteiger partial charge is 0.462 e. The number of carbonyl (C=O) groups is 2. The molecule has 0 saturated heterocycles. The summed E-state index contributed by atoms with van der Waals surface area (Å²) in [5, 5.41) is 21.0. The Hall–Kier alpha value is -3.43. The van der Waals surface area contributed by atoms with Crippen LogP contribution in [0.2, 0.25) is 0 Å². The number of thioether (sulfide) groups is 1. The molecule has 3 heterocycles. The molecule has 0 radical (unpaired) electrons. The van der Waals surface area contributed by atoms with E-state index in [1.807, 2.05) is 12.1 Å². The van der Waals surface area contributed by atoms with E-state index < -0.39 is 5.97 Å². The van der Waals surface area contributed by atoms with Crippen molar-refractivity contribution in [2.24, 2.45) is 0 Å². The Bertz CT molecular complexity index is 1140. The Morgan fingerprint density at radius 1 is 1.42 bits per heavy atom. The molecule has 0 saturated carbocycles. The third-order valence-corrected chi connectivity index (χ3v) is 6.25. The second-order valence-electron chi connectivity index (χ2n) is 6.16. The molecule has 12 heteroatoms. The third-order valence-electron chi connectivity index (χ3n) is 4.12. The van der Waals surface area contributed by atoms with Gasteiger partial charge in [0.05, 0.1) is 12.2 Å². The number of carbonyl (C=O) groups excluding carboxylic acids is 2. The molecule has 3 N–H and O–H groups in total. The fourth-order valence-corrected chi connectivity index (χ4v) is 4.48. The number of nitriles is 1. The molecular formula is C19H19N7O3S2. The number of nitrogen functional groups attached to an aromatic ring is 1. The summed E-state index contributed by atoms with van der Waals surface area (Å²) in [7, 11) is 0. The number of anilines is 1. The fraction of sp³-hybridized carbons (Fsp3) is 0.263. The van der Waals surface area contributed by atoms with Crippen LogP contribution in [0.4, 0.5) is 5.00 Å². The summed E-state index contributed by atoms with van der Waals surface area (Å²) in [5.74, 6) is 6.11. The molecule has 0 aliphatic heterocycles. The molecule has 10 nitrogen and oxygen atoms in total. The van der Waals surface area contributed by atoms with Crippen molar-refractivity contribution in [1.82, 2.24) is 19.9 Å². The maximum Gasteiger partial charge on any atom is 0.348 e. The Morgan fingerprint density at radius 2 is 2.23 bits per heavy atom. The first-order valence-corrected chi connectivity index (χ1v) is 11.0. The molecule has 1 amide bonds. The van der Waals surface area contributed by atoms with Gasteiger partial charge in [-0.15, -0.1) is 21.5 Å². The Labute approximate surface area is 186 Å². The number of hydrogen-bond donors (Lipinski definition) is 2. The second kappa shape index (κ2) is 10.1. The van der Waals surface area contributed by atoms with E-state index in [-0.39, 0.29) is 24.5 Å². The minimum Gasteiger partial charge on any atom is -0.462 e. The van der Waals surface area contributed by atoms with Gasteiger partial charge >= 0.3 is 5.97 Å². The summed E-state index contributed by atoms with van der Waals surface area (Å²) in [4.78, 5) is 28.7. The molecule has 3 aromatic rings. The third kappa shape index (κ3) is 5.01. The van der Waals surface area contributed by atoms with Gasteiger partial charge in [-0.2, -0.15) is 5.26 Å². The van der Waals surface area contributed by atoms with Crippen LogP contribution >= 0.6 is 23.1 Å². The molecule has 0 atom stereocenters. The highest BCUT2D eigenvalue weighted by atomic mass is 32.2. The summed E-state index contributed by atoms with van der Waals surface area (Å²) in [6.45, 7) is 3.58. The van der Waals surface area contributed by atoms with Crippen LogP contribution in [-0.4, -0.2) is 44.1 Å². The normalized spacial score (nSPS) is 10.5. The average Bonchev–Trinajstić information content (AvgIpc) is 3.28. The monoisotopic (exact) mass is 457 g/mol. The molecule has 0 aliphatic rings. The first-order chi connectivity index (χ1) is 15.0. The summed E-state index contributed by atoms with van der Waals surface area (Å²) in [5.41, 5.74) is 1.49. The summed E-state index contributed by atoms with van der Waals surface area (Å²) < 4.78 is 6.35. The molecule has 0 spiro atoms. The van der Waals surface area contributed by atoms with Gasteiger partial charge in [-0.3, -0.25) is 9.78 Å². The van der Waals surface area contributed by atoms with Gasteiger partial charge in [0.25, 0.3) is 0 Å². The van der Waals surface area contributed by atoms with Crippen LogP contribution in [-0.2, 0) is 9.53 Å². The van der Waals surface area contributed by atoms with Crippen molar-refractivity contribution in [3.63, 3.8) is 0 Å². The van der Waals surface area contributed by atoms with Gasteiger partial charge in [0.1, 0.15) is 15.9 Å². The van der Waals surface area contributed by atoms with Crippen LogP contribution in [0.3, 0.4) is 0 Å². The molecule has 160 valence electrons. The van der Waals surface area contributed by atoms with Gasteiger partial charge in [-0.05, 0) is 31.5 Å². The van der Waals surface area contributed by atoms with E-state index in [9.17, 15) is 14.9 Å². The summed E-state index contributed by atoms with van der Waals surface area (Å²) in [6, 6.07) is 5.63. The van der Waals surface area contributed by atoms with E-state index in [1.54, 1.807) is 32.3 Å². The van der Waals surface area contributed by atoms with Crippen molar-refractivity contribution in [3.8, 4) is 17.5 Å². The van der Waals surface area contributed by atoms with E-state index in [0.717, 1.165) is 16.9 Å². The lowest BCUT2D eigenvalue weighted by molar-refractivity contribution is -0.115. The molecule has 31 heavy (non-hydrogen) atoms. The Kier molecular flexibility index (Phi) is 7.22. The molecule has 0 bridgehead atoms. The SMILES string of the molecule is CCOC(=O)c1sc(NC(=O)CCSc2nnc(-c3cccnc3)n2N)c(C#N)c1C. The van der Waals surface area contributed by atoms with Crippen molar-refractivity contribution in [3.05, 3.63) is 40.5 Å². The standard InChI is InChI=1S/C19H19N7O3S2/c1-3-29-18(28)15-11(2)13(9-20)17(31-15)23-14(27)6-8-30-19-25-24-16(26(19)21)12-5-4-7-22-10-12/h4-5,7,10H,3,6,8,21H2,1-2H3,(H,23,27). The molecule has 3 rings (SSSR count). The van der Waals surface area contributed by atoms with E-state index >= 15 is 0 Å². The number of thiophene rings is 1. The number of aromatic nitrogens is 4.